The van der Waals surface area contributed by atoms with Crippen molar-refractivity contribution in [3.05, 3.63) is 21.4 Å². The van der Waals surface area contributed by atoms with Gasteiger partial charge in [0.05, 0.1) is 11.5 Å². The number of aliphatic hydroxyl groups excluding tert-OH is 1. The van der Waals surface area contributed by atoms with Crippen LogP contribution in [0.1, 0.15) is 46.8 Å². The van der Waals surface area contributed by atoms with Crippen LogP contribution in [-0.2, 0) is 12.8 Å². The van der Waals surface area contributed by atoms with Crippen LogP contribution in [0.4, 0.5) is 0 Å². The first-order valence-corrected chi connectivity index (χ1v) is 7.48. The molecule has 1 aromatic heterocycles. The number of aliphatic hydroxyl groups is 1. The molecule has 1 heterocycles. The summed E-state index contributed by atoms with van der Waals surface area (Å²) in [7, 11) is 0. The molecule has 18 heavy (non-hydrogen) atoms. The van der Waals surface area contributed by atoms with E-state index in [0.717, 1.165) is 17.7 Å². The van der Waals surface area contributed by atoms with Gasteiger partial charge < -0.3 is 10.0 Å². The molecule has 1 amide bonds. The number of rotatable bonds is 4. The number of carbonyl (C=O) groups excluding carboxylic acids is 1. The van der Waals surface area contributed by atoms with Crippen LogP contribution >= 0.6 is 11.3 Å². The van der Waals surface area contributed by atoms with E-state index in [9.17, 15) is 4.79 Å². The van der Waals surface area contributed by atoms with Crippen LogP contribution in [0, 0.1) is 0 Å². The molecule has 4 heteroatoms. The van der Waals surface area contributed by atoms with Crippen LogP contribution in [-0.4, -0.2) is 35.1 Å². The third kappa shape index (κ3) is 2.75. The Morgan fingerprint density at radius 1 is 1.44 bits per heavy atom. The maximum Gasteiger partial charge on any atom is 0.264 e. The number of fused-ring (bicyclic) bond motifs is 1. The number of amides is 1. The summed E-state index contributed by atoms with van der Waals surface area (Å²) < 4.78 is 0. The van der Waals surface area contributed by atoms with Gasteiger partial charge in [-0.25, -0.2) is 0 Å². The number of hydrogen-bond donors (Lipinski definition) is 1. The lowest BCUT2D eigenvalue weighted by atomic mass is 9.99. The van der Waals surface area contributed by atoms with Crippen molar-refractivity contribution in [2.45, 2.75) is 45.6 Å². The highest BCUT2D eigenvalue weighted by Gasteiger charge is 2.22. The first-order chi connectivity index (χ1) is 8.63. The second kappa shape index (κ2) is 5.85. The molecule has 100 valence electrons. The molecular weight excluding hydrogens is 246 g/mol. The Kier molecular flexibility index (Phi) is 4.40. The Labute approximate surface area is 112 Å². The van der Waals surface area contributed by atoms with E-state index in [1.165, 1.54) is 23.3 Å². The Hall–Kier alpha value is -0.870. The summed E-state index contributed by atoms with van der Waals surface area (Å²) >= 11 is 1.64. The van der Waals surface area contributed by atoms with Gasteiger partial charge in [-0.3, -0.25) is 4.79 Å². The summed E-state index contributed by atoms with van der Waals surface area (Å²) in [6.07, 6.45) is 4.71. The molecule has 3 nitrogen and oxygen atoms in total. The first-order valence-electron chi connectivity index (χ1n) is 6.67. The maximum absolute atomic E-state index is 12.4. The molecular formula is C14H21NO2S. The van der Waals surface area contributed by atoms with Crippen molar-refractivity contribution >= 4 is 17.2 Å². The minimum absolute atomic E-state index is 0.0228. The fourth-order valence-electron chi connectivity index (χ4n) is 2.44. The highest BCUT2D eigenvalue weighted by atomic mass is 32.1. The van der Waals surface area contributed by atoms with E-state index in [1.807, 2.05) is 13.8 Å². The quantitative estimate of drug-likeness (QED) is 0.910. The van der Waals surface area contributed by atoms with Crippen molar-refractivity contribution < 1.29 is 9.90 Å². The summed E-state index contributed by atoms with van der Waals surface area (Å²) in [6.45, 7) is 4.41. The van der Waals surface area contributed by atoms with Gasteiger partial charge in [-0.05, 0) is 51.2 Å². The monoisotopic (exact) mass is 267 g/mol. The van der Waals surface area contributed by atoms with Crippen LogP contribution in [0.15, 0.2) is 6.07 Å². The predicted molar refractivity (Wildman–Crippen MR) is 74.2 cm³/mol. The normalized spacial score (nSPS) is 14.7. The minimum Gasteiger partial charge on any atom is -0.395 e. The molecule has 0 saturated heterocycles. The minimum atomic E-state index is 0.0228. The van der Waals surface area contributed by atoms with Crippen molar-refractivity contribution in [3.63, 3.8) is 0 Å². The molecule has 2 rings (SSSR count). The van der Waals surface area contributed by atoms with Crippen LogP contribution < -0.4 is 0 Å². The van der Waals surface area contributed by atoms with Gasteiger partial charge in [-0.15, -0.1) is 11.3 Å². The van der Waals surface area contributed by atoms with Gasteiger partial charge in [-0.2, -0.15) is 0 Å². The number of hydrogen-bond acceptors (Lipinski definition) is 3. The van der Waals surface area contributed by atoms with Gasteiger partial charge in [0, 0.05) is 17.5 Å². The van der Waals surface area contributed by atoms with Gasteiger partial charge in [0.25, 0.3) is 5.91 Å². The highest BCUT2D eigenvalue weighted by Crippen LogP contribution is 2.30. The van der Waals surface area contributed by atoms with Crippen LogP contribution in [0.3, 0.4) is 0 Å². The number of nitrogens with zero attached hydrogens (tertiary/aromatic N) is 1. The maximum atomic E-state index is 12.4. The van der Waals surface area contributed by atoms with Crippen molar-refractivity contribution in [3.8, 4) is 0 Å². The Morgan fingerprint density at radius 2 is 2.17 bits per heavy atom. The molecule has 0 unspecified atom stereocenters. The van der Waals surface area contributed by atoms with Crippen molar-refractivity contribution in [1.82, 2.24) is 4.90 Å². The molecule has 0 atom stereocenters. The summed E-state index contributed by atoms with van der Waals surface area (Å²) in [4.78, 5) is 16.4. The first kappa shape index (κ1) is 13.6. The standard InChI is InChI=1S/C14H21NO2S/c1-10(2)15(7-8-16)14(17)13-9-11-5-3-4-6-12(11)18-13/h9-10,16H,3-8H2,1-2H3. The van der Waals surface area contributed by atoms with E-state index in [0.29, 0.717) is 6.54 Å². The summed E-state index contributed by atoms with van der Waals surface area (Å²) in [5, 5.41) is 9.05. The van der Waals surface area contributed by atoms with Crippen LogP contribution in [0.25, 0.3) is 0 Å². The third-order valence-electron chi connectivity index (χ3n) is 3.43. The Morgan fingerprint density at radius 3 is 2.78 bits per heavy atom. The lowest BCUT2D eigenvalue weighted by molar-refractivity contribution is 0.0670. The molecule has 1 aliphatic rings. The van der Waals surface area contributed by atoms with E-state index in [2.05, 4.69) is 6.07 Å². The third-order valence-corrected chi connectivity index (χ3v) is 4.66. The Balaban J connectivity index is 2.19. The summed E-state index contributed by atoms with van der Waals surface area (Å²) in [5.74, 6) is 0.0680. The SMILES string of the molecule is CC(C)N(CCO)C(=O)c1cc2c(s1)CCCC2. The zero-order valence-corrected chi connectivity index (χ0v) is 11.9. The Bertz CT molecular complexity index is 402. The second-order valence-electron chi connectivity index (χ2n) is 5.08. The lowest BCUT2D eigenvalue weighted by Gasteiger charge is -2.25. The largest absolute Gasteiger partial charge is 0.395 e. The van der Waals surface area contributed by atoms with Gasteiger partial charge in [0.15, 0.2) is 0 Å². The van der Waals surface area contributed by atoms with Crippen LogP contribution in [0.2, 0.25) is 0 Å². The fraction of sp³-hybridized carbons (Fsp3) is 0.643. The van der Waals surface area contributed by atoms with Gasteiger partial charge in [-0.1, -0.05) is 0 Å². The van der Waals surface area contributed by atoms with E-state index in [4.69, 9.17) is 5.11 Å². The summed E-state index contributed by atoms with van der Waals surface area (Å²) in [5.41, 5.74) is 1.36. The average molecular weight is 267 g/mol. The summed E-state index contributed by atoms with van der Waals surface area (Å²) in [6, 6.07) is 2.19. The smallest absolute Gasteiger partial charge is 0.264 e. The molecule has 0 fully saturated rings. The molecule has 0 aliphatic heterocycles. The van der Waals surface area contributed by atoms with E-state index in [-0.39, 0.29) is 18.6 Å². The van der Waals surface area contributed by atoms with Crippen LogP contribution in [0.5, 0.6) is 0 Å². The zero-order valence-electron chi connectivity index (χ0n) is 11.1. The van der Waals surface area contributed by atoms with E-state index in [1.54, 1.807) is 16.2 Å². The zero-order chi connectivity index (χ0) is 13.1. The predicted octanol–water partition coefficient (Wildman–Crippen LogP) is 2.47. The molecule has 0 bridgehead atoms. The van der Waals surface area contributed by atoms with Crippen molar-refractivity contribution in [1.29, 1.82) is 0 Å². The van der Waals surface area contributed by atoms with E-state index >= 15 is 0 Å². The number of thiophene rings is 1. The molecule has 1 N–H and O–H groups in total. The highest BCUT2D eigenvalue weighted by molar-refractivity contribution is 7.14. The molecule has 1 aliphatic carbocycles. The lowest BCUT2D eigenvalue weighted by Crippen LogP contribution is -2.38. The average Bonchev–Trinajstić information content (AvgIpc) is 2.78. The fourth-order valence-corrected chi connectivity index (χ4v) is 3.65. The number of aryl methyl sites for hydroxylation is 2. The molecule has 0 saturated carbocycles. The topological polar surface area (TPSA) is 40.5 Å². The second-order valence-corrected chi connectivity index (χ2v) is 6.22. The van der Waals surface area contributed by atoms with Gasteiger partial charge in [0.1, 0.15) is 0 Å². The van der Waals surface area contributed by atoms with Gasteiger partial charge >= 0.3 is 0 Å². The molecule has 1 aromatic rings. The number of carbonyl (C=O) groups is 1. The van der Waals surface area contributed by atoms with Gasteiger partial charge in [0.2, 0.25) is 0 Å². The molecule has 0 radical (unpaired) electrons. The molecule has 0 spiro atoms. The molecule has 0 aromatic carbocycles. The van der Waals surface area contributed by atoms with E-state index < -0.39 is 0 Å². The van der Waals surface area contributed by atoms with Crippen molar-refractivity contribution in [2.75, 3.05) is 13.2 Å². The van der Waals surface area contributed by atoms with Crippen molar-refractivity contribution in [2.24, 2.45) is 0 Å².